The molecule has 1 heterocycles. The third kappa shape index (κ3) is 3.09. The maximum atomic E-state index is 13.7. The molecule has 0 saturated carbocycles. The summed E-state index contributed by atoms with van der Waals surface area (Å²) in [7, 11) is 0. The van der Waals surface area contributed by atoms with Gasteiger partial charge in [0, 0.05) is 24.3 Å². The number of esters is 1. The molecule has 0 radical (unpaired) electrons. The highest BCUT2D eigenvalue weighted by molar-refractivity contribution is 6.01. The minimum absolute atomic E-state index is 0.0724. The van der Waals surface area contributed by atoms with Gasteiger partial charge >= 0.3 is 17.9 Å². The minimum Gasteiger partial charge on any atom is -0.466 e. The lowest BCUT2D eigenvalue weighted by Gasteiger charge is -2.43. The number of Topliss-reactive ketones (excluding diaryl/α,β-unsaturated/α-hetero) is 1. The fourth-order valence-corrected chi connectivity index (χ4v) is 3.54. The smallest absolute Gasteiger partial charge is 0.456 e. The van der Waals surface area contributed by atoms with E-state index in [1.807, 2.05) is 0 Å². The van der Waals surface area contributed by atoms with Crippen molar-refractivity contribution < 1.29 is 41.7 Å². The maximum absolute atomic E-state index is 13.7. The third-order valence-electron chi connectivity index (χ3n) is 4.70. The van der Waals surface area contributed by atoms with Gasteiger partial charge in [-0.15, -0.1) is 0 Å². The van der Waals surface area contributed by atoms with Gasteiger partial charge in [-0.25, -0.2) is 4.39 Å². The molecular formula is C18H16F4O5. The second-order valence-corrected chi connectivity index (χ2v) is 6.32. The number of carbonyl (C=O) groups excluding carboxylic acids is 2. The van der Waals surface area contributed by atoms with Crippen LogP contribution < -0.4 is 0 Å². The minimum atomic E-state index is -5.34. The number of hydrogen-bond acceptors (Lipinski definition) is 5. The van der Waals surface area contributed by atoms with Crippen LogP contribution in [0.5, 0.6) is 0 Å². The summed E-state index contributed by atoms with van der Waals surface area (Å²) in [5.74, 6) is -10.4. The molecule has 0 aromatic heterocycles. The SMILES string of the molecule is CCOC(=O)C1C(c2ccc(F)cc2)C2=C(CCC2=O)OC1(O)C(F)(F)F. The van der Waals surface area contributed by atoms with E-state index in [1.54, 1.807) is 0 Å². The summed E-state index contributed by atoms with van der Waals surface area (Å²) in [6, 6.07) is 4.34. The van der Waals surface area contributed by atoms with Crippen molar-refractivity contribution in [2.75, 3.05) is 6.61 Å². The molecule has 1 aliphatic heterocycles. The van der Waals surface area contributed by atoms with Crippen molar-refractivity contribution in [3.05, 3.63) is 47.0 Å². The van der Waals surface area contributed by atoms with Crippen LogP contribution in [-0.4, -0.2) is 35.4 Å². The number of aliphatic hydroxyl groups is 1. The first-order chi connectivity index (χ1) is 12.6. The van der Waals surface area contributed by atoms with Crippen LogP contribution in [0.2, 0.25) is 0 Å². The highest BCUT2D eigenvalue weighted by Gasteiger charge is 2.70. The number of alkyl halides is 3. The second kappa shape index (κ2) is 6.63. The van der Waals surface area contributed by atoms with Crippen LogP contribution in [0.1, 0.15) is 31.2 Å². The Balaban J connectivity index is 2.24. The number of carbonyl (C=O) groups is 2. The van der Waals surface area contributed by atoms with Gasteiger partial charge in [-0.05, 0) is 24.6 Å². The van der Waals surface area contributed by atoms with E-state index in [-0.39, 0.29) is 36.3 Å². The van der Waals surface area contributed by atoms with Gasteiger partial charge in [0.15, 0.2) is 5.78 Å². The van der Waals surface area contributed by atoms with Crippen molar-refractivity contribution >= 4 is 11.8 Å². The van der Waals surface area contributed by atoms with E-state index in [1.165, 1.54) is 19.1 Å². The number of hydrogen-bond donors (Lipinski definition) is 1. The predicted molar refractivity (Wildman–Crippen MR) is 82.6 cm³/mol. The van der Waals surface area contributed by atoms with Crippen LogP contribution in [0.3, 0.4) is 0 Å². The van der Waals surface area contributed by atoms with Crippen LogP contribution >= 0.6 is 0 Å². The number of rotatable bonds is 3. The molecule has 27 heavy (non-hydrogen) atoms. The van der Waals surface area contributed by atoms with Crippen LogP contribution in [0, 0.1) is 11.7 Å². The fourth-order valence-electron chi connectivity index (χ4n) is 3.54. The van der Waals surface area contributed by atoms with Gasteiger partial charge in [0.25, 0.3) is 0 Å². The molecule has 0 bridgehead atoms. The Morgan fingerprint density at radius 1 is 1.30 bits per heavy atom. The lowest BCUT2D eigenvalue weighted by atomic mass is 9.73. The monoisotopic (exact) mass is 388 g/mol. The van der Waals surface area contributed by atoms with Gasteiger partial charge in [0.2, 0.25) is 0 Å². The zero-order valence-electron chi connectivity index (χ0n) is 14.2. The lowest BCUT2D eigenvalue weighted by molar-refractivity contribution is -0.377. The first kappa shape index (κ1) is 19.3. The zero-order chi connectivity index (χ0) is 20.0. The highest BCUT2D eigenvalue weighted by atomic mass is 19.4. The largest absolute Gasteiger partial charge is 0.466 e. The van der Waals surface area contributed by atoms with Crippen molar-refractivity contribution in [2.24, 2.45) is 5.92 Å². The van der Waals surface area contributed by atoms with Crippen LogP contribution in [-0.2, 0) is 19.1 Å². The Labute approximate surface area is 151 Å². The van der Waals surface area contributed by atoms with E-state index in [9.17, 15) is 32.3 Å². The number of halogens is 4. The molecule has 0 amide bonds. The summed E-state index contributed by atoms with van der Waals surface area (Å²) in [5, 5.41) is 10.4. The third-order valence-corrected chi connectivity index (χ3v) is 4.70. The summed E-state index contributed by atoms with van der Waals surface area (Å²) in [6.07, 6.45) is -5.57. The Bertz CT molecular complexity index is 799. The van der Waals surface area contributed by atoms with Crippen molar-refractivity contribution in [2.45, 2.75) is 37.6 Å². The van der Waals surface area contributed by atoms with Crippen molar-refractivity contribution in [3.8, 4) is 0 Å². The number of ether oxygens (including phenoxy) is 2. The zero-order valence-corrected chi connectivity index (χ0v) is 14.2. The Hall–Kier alpha value is -2.42. The molecule has 3 unspecified atom stereocenters. The van der Waals surface area contributed by atoms with Gasteiger partial charge < -0.3 is 14.6 Å². The quantitative estimate of drug-likeness (QED) is 0.637. The van der Waals surface area contributed by atoms with E-state index in [0.717, 1.165) is 12.1 Å². The van der Waals surface area contributed by atoms with E-state index in [0.29, 0.717) is 0 Å². The number of ketones is 1. The van der Waals surface area contributed by atoms with Crippen molar-refractivity contribution in [3.63, 3.8) is 0 Å². The Morgan fingerprint density at radius 3 is 2.48 bits per heavy atom. The molecule has 146 valence electrons. The summed E-state index contributed by atoms with van der Waals surface area (Å²) >= 11 is 0. The molecule has 1 aromatic carbocycles. The molecule has 3 atom stereocenters. The van der Waals surface area contributed by atoms with Crippen LogP contribution in [0.25, 0.3) is 0 Å². The average Bonchev–Trinajstić information content (AvgIpc) is 2.94. The highest BCUT2D eigenvalue weighted by Crippen LogP contribution is 2.54. The van der Waals surface area contributed by atoms with Crippen molar-refractivity contribution in [1.82, 2.24) is 0 Å². The van der Waals surface area contributed by atoms with Gasteiger partial charge in [-0.2, -0.15) is 13.2 Å². The Morgan fingerprint density at radius 2 is 1.93 bits per heavy atom. The first-order valence-electron chi connectivity index (χ1n) is 8.26. The van der Waals surface area contributed by atoms with E-state index < -0.39 is 41.4 Å². The summed E-state index contributed by atoms with van der Waals surface area (Å²) < 4.78 is 64.0. The molecule has 2 aliphatic rings. The fraction of sp³-hybridized carbons (Fsp3) is 0.444. The van der Waals surface area contributed by atoms with Crippen molar-refractivity contribution in [1.29, 1.82) is 0 Å². The molecule has 0 fully saturated rings. The van der Waals surface area contributed by atoms with Gasteiger partial charge in [-0.1, -0.05) is 12.1 Å². The molecule has 1 aromatic rings. The van der Waals surface area contributed by atoms with Gasteiger partial charge in [0.1, 0.15) is 17.5 Å². The first-order valence-corrected chi connectivity index (χ1v) is 8.26. The molecule has 1 aliphatic carbocycles. The van der Waals surface area contributed by atoms with Gasteiger partial charge in [-0.3, -0.25) is 9.59 Å². The summed E-state index contributed by atoms with van der Waals surface area (Å²) in [5.41, 5.74) is -0.0447. The second-order valence-electron chi connectivity index (χ2n) is 6.32. The lowest BCUT2D eigenvalue weighted by Crippen LogP contribution is -2.60. The molecule has 0 saturated heterocycles. The molecule has 3 rings (SSSR count). The van der Waals surface area contributed by atoms with Gasteiger partial charge in [0.05, 0.1) is 6.61 Å². The van der Waals surface area contributed by atoms with Crippen LogP contribution in [0.15, 0.2) is 35.6 Å². The maximum Gasteiger partial charge on any atom is 0.456 e. The van der Waals surface area contributed by atoms with E-state index in [4.69, 9.17) is 9.47 Å². The van der Waals surface area contributed by atoms with E-state index in [2.05, 4.69) is 0 Å². The number of allylic oxidation sites excluding steroid dienone is 2. The summed E-state index contributed by atoms with van der Waals surface area (Å²) in [6.45, 7) is 1.16. The molecule has 9 heteroatoms. The average molecular weight is 388 g/mol. The topological polar surface area (TPSA) is 72.8 Å². The normalized spacial score (nSPS) is 28.0. The standard InChI is InChI=1S/C18H16F4O5/c1-2-26-16(24)15-13(9-3-5-10(19)6-4-9)14-11(23)7-8-12(14)27-17(15,25)18(20,21)22/h3-6,13,15,25H,2,7-8H2,1H3. The van der Waals surface area contributed by atoms with E-state index >= 15 is 0 Å². The van der Waals surface area contributed by atoms with Crippen LogP contribution in [0.4, 0.5) is 17.6 Å². The predicted octanol–water partition coefficient (Wildman–Crippen LogP) is 2.99. The Kier molecular flexibility index (Phi) is 4.75. The molecule has 5 nitrogen and oxygen atoms in total. The number of benzene rings is 1. The molecule has 0 spiro atoms. The molecular weight excluding hydrogens is 372 g/mol. The molecule has 1 N–H and O–H groups in total. The summed E-state index contributed by atoms with van der Waals surface area (Å²) in [4.78, 5) is 24.8.